The molecule has 15 nitrogen and oxygen atoms in total. The number of aliphatic carboxylic acids is 3. The number of para-hydroxylation sites is 6. The fraction of sp³-hybridized carbons (Fsp3) is 0.167. The average molecular weight is 1140 g/mol. The Bertz CT molecular complexity index is 2900. The molecule has 3 unspecified atom stereocenters. The van der Waals surface area contributed by atoms with Crippen molar-refractivity contribution >= 4 is 153 Å². The first kappa shape index (κ1) is 58.7. The number of thioether (sulfide) groups is 3. The van der Waals surface area contributed by atoms with E-state index in [0.29, 0.717) is 17.2 Å². The summed E-state index contributed by atoms with van der Waals surface area (Å²) in [7, 11) is 0. The van der Waals surface area contributed by atoms with Crippen LogP contribution in [0.15, 0.2) is 177 Å². The number of carbonyl (C=O) groups is 6. The summed E-state index contributed by atoms with van der Waals surface area (Å²) < 4.78 is 20.9. The molecule has 6 aromatic carbocycles. The molecule has 3 aromatic heterocycles. The molecule has 0 aliphatic rings. The molecule has 0 amide bonds. The van der Waals surface area contributed by atoms with Gasteiger partial charge in [0.2, 0.25) is 0 Å². The number of benzene rings is 6. The third kappa shape index (κ3) is 18.9. The van der Waals surface area contributed by atoms with E-state index in [9.17, 15) is 44.1 Å². The molecule has 9 aromatic rings. The van der Waals surface area contributed by atoms with E-state index in [1.165, 1.54) is 69.3 Å². The Morgan fingerprint density at radius 3 is 0.855 bits per heavy atom. The maximum atomic E-state index is 11.9. The number of thiazole rings is 3. The van der Waals surface area contributed by atoms with Crippen molar-refractivity contribution < 1.29 is 58.3 Å². The van der Waals surface area contributed by atoms with Crippen LogP contribution in [0.4, 0.5) is 0 Å². The number of fused-ring (bicyclic) bond motifs is 3. The Morgan fingerprint density at radius 1 is 0.382 bits per heavy atom. The molecule has 0 saturated heterocycles. The number of hydrogen-bond donors (Lipinski definition) is 0. The van der Waals surface area contributed by atoms with Gasteiger partial charge in [0.1, 0.15) is 17.2 Å². The van der Waals surface area contributed by atoms with E-state index in [4.69, 9.17) is 14.2 Å². The Morgan fingerprint density at radius 2 is 0.618 bits per heavy atom. The van der Waals surface area contributed by atoms with Gasteiger partial charge in [-0.15, -0.1) is 34.0 Å². The number of hydrogen-bond acceptors (Lipinski definition) is 21. The molecule has 0 aliphatic heterocycles. The van der Waals surface area contributed by atoms with Crippen molar-refractivity contribution in [3.05, 3.63) is 164 Å². The number of rotatable bonds is 21. The standard InChI is InChI=1S/3C18H15NO4S2.Al/c3*20-16(23-13-6-2-1-3-7-13)10-12(17(21)22)11-24-18-19-14-8-4-5-9-15(14)25-18;/h3*1-9,12H,10-11H2,(H,21,22);/q;;;+3/p-3. The van der Waals surface area contributed by atoms with Gasteiger partial charge in [0.25, 0.3) is 0 Å². The maximum absolute atomic E-state index is 11.9. The first-order valence-electron chi connectivity index (χ1n) is 22.7. The van der Waals surface area contributed by atoms with E-state index in [2.05, 4.69) is 15.0 Å². The average Bonchev–Trinajstić information content (AvgIpc) is 4.15. The predicted molar refractivity (Wildman–Crippen MR) is 292 cm³/mol. The summed E-state index contributed by atoms with van der Waals surface area (Å²) >= 11 is 8.41. The summed E-state index contributed by atoms with van der Waals surface area (Å²) in [5.41, 5.74) is 2.63. The smallest absolute Gasteiger partial charge is 0.550 e. The molecule has 0 radical (unpaired) electrons. The second kappa shape index (κ2) is 30.2. The van der Waals surface area contributed by atoms with E-state index in [0.717, 1.165) is 43.7 Å². The van der Waals surface area contributed by atoms with Crippen molar-refractivity contribution in [2.45, 2.75) is 32.3 Å². The van der Waals surface area contributed by atoms with Gasteiger partial charge in [0.05, 0.1) is 49.9 Å². The number of aromatic nitrogens is 3. The molecule has 0 N–H and O–H groups in total. The molecule has 9 rings (SSSR count). The van der Waals surface area contributed by atoms with Crippen LogP contribution in [0.3, 0.4) is 0 Å². The minimum absolute atomic E-state index is 0. The van der Waals surface area contributed by atoms with Gasteiger partial charge in [-0.25, -0.2) is 15.0 Å². The van der Waals surface area contributed by atoms with Crippen LogP contribution >= 0.6 is 69.3 Å². The van der Waals surface area contributed by atoms with Crippen molar-refractivity contribution in [2.24, 2.45) is 17.8 Å². The molecule has 3 atom stereocenters. The van der Waals surface area contributed by atoms with Gasteiger partial charge in [0.15, 0.2) is 13.0 Å². The van der Waals surface area contributed by atoms with Crippen LogP contribution in [0, 0.1) is 17.8 Å². The van der Waals surface area contributed by atoms with E-state index in [1.54, 1.807) is 91.0 Å². The zero-order valence-electron chi connectivity index (χ0n) is 39.8. The summed E-state index contributed by atoms with van der Waals surface area (Å²) in [6, 6.07) is 48.8. The molecule has 0 fully saturated rings. The first-order chi connectivity index (χ1) is 36.3. The SMILES string of the molecule is O=C(CC(CSc1nc2ccccc2s1)C(=O)[O-])Oc1ccccc1.O=C(CC(CSc1nc2ccccc2s1)C(=O)[O-])Oc1ccccc1.O=C(CC(CSc1nc2ccccc2s1)C(=O)[O-])Oc1ccccc1.[Al+3]. The van der Waals surface area contributed by atoms with Gasteiger partial charge >= 0.3 is 35.3 Å². The zero-order valence-corrected chi connectivity index (χ0v) is 45.9. The van der Waals surface area contributed by atoms with E-state index in [-0.39, 0.29) is 53.9 Å². The van der Waals surface area contributed by atoms with Crippen LogP contribution in [0.1, 0.15) is 19.3 Å². The Kier molecular flexibility index (Phi) is 23.3. The maximum Gasteiger partial charge on any atom is 3.00 e. The normalized spacial score (nSPS) is 11.8. The molecule has 0 saturated carbocycles. The van der Waals surface area contributed by atoms with Gasteiger partial charge in [-0.1, -0.05) is 126 Å². The van der Waals surface area contributed by atoms with Gasteiger partial charge in [-0.2, -0.15) is 0 Å². The van der Waals surface area contributed by atoms with Crippen LogP contribution in [0.5, 0.6) is 17.2 Å². The summed E-state index contributed by atoms with van der Waals surface area (Å²) in [5, 5.41) is 34.0. The van der Waals surface area contributed by atoms with Gasteiger partial charge in [-0.3, -0.25) is 14.4 Å². The predicted octanol–water partition coefficient (Wildman–Crippen LogP) is 7.87. The molecule has 0 spiro atoms. The van der Waals surface area contributed by atoms with Crippen LogP contribution in [0.2, 0.25) is 0 Å². The van der Waals surface area contributed by atoms with Crippen molar-refractivity contribution in [3.63, 3.8) is 0 Å². The third-order valence-corrected chi connectivity index (χ3v) is 17.2. The molecule has 384 valence electrons. The van der Waals surface area contributed by atoms with Crippen molar-refractivity contribution in [1.82, 2.24) is 15.0 Å². The second-order valence-corrected chi connectivity index (χ2v) is 22.7. The summed E-state index contributed by atoms with van der Waals surface area (Å²) in [4.78, 5) is 83.2. The number of carbonyl (C=O) groups excluding carboxylic acids is 6. The third-order valence-electron chi connectivity index (χ3n) is 10.2. The Hall–Kier alpha value is -6.61. The number of esters is 3. The fourth-order valence-corrected chi connectivity index (χ4v) is 13.0. The van der Waals surface area contributed by atoms with E-state index in [1.807, 2.05) is 72.8 Å². The summed E-state index contributed by atoms with van der Waals surface area (Å²) in [6.07, 6.45) is -0.723. The van der Waals surface area contributed by atoms with Crippen molar-refractivity contribution in [3.8, 4) is 17.2 Å². The Balaban J connectivity index is 0.000000184. The van der Waals surface area contributed by atoms with Crippen molar-refractivity contribution in [1.29, 1.82) is 0 Å². The number of ether oxygens (including phenoxy) is 3. The second-order valence-electron chi connectivity index (χ2n) is 15.8. The molecule has 76 heavy (non-hydrogen) atoms. The van der Waals surface area contributed by atoms with Crippen LogP contribution in [-0.4, -0.2) is 85.4 Å². The van der Waals surface area contributed by atoms with Gasteiger partial charge in [0, 0.05) is 52.9 Å². The van der Waals surface area contributed by atoms with Crippen LogP contribution in [-0.2, 0) is 28.8 Å². The quantitative estimate of drug-likeness (QED) is 0.0288. The summed E-state index contributed by atoms with van der Waals surface area (Å²) in [5.74, 6) is -6.61. The fourth-order valence-electron chi connectivity index (χ4n) is 6.47. The topological polar surface area (TPSA) is 238 Å². The molecule has 22 heteroatoms. The van der Waals surface area contributed by atoms with E-state index < -0.39 is 53.6 Å². The van der Waals surface area contributed by atoms with E-state index >= 15 is 0 Å². The minimum atomic E-state index is -1.27. The number of carboxylic acids is 3. The molecular weight excluding hydrogens is 1100 g/mol. The number of nitrogens with zero attached hydrogens (tertiary/aromatic N) is 3. The molecule has 0 bridgehead atoms. The van der Waals surface area contributed by atoms with Gasteiger partial charge in [-0.05, 0) is 72.8 Å². The largest absolute Gasteiger partial charge is 3.00 e. The van der Waals surface area contributed by atoms with Gasteiger partial charge < -0.3 is 43.9 Å². The minimum Gasteiger partial charge on any atom is -0.550 e. The first-order valence-corrected chi connectivity index (χ1v) is 28.1. The molecule has 0 aliphatic carbocycles. The van der Waals surface area contributed by atoms with Crippen LogP contribution in [0.25, 0.3) is 30.6 Å². The Labute approximate surface area is 471 Å². The zero-order chi connectivity index (χ0) is 52.9. The van der Waals surface area contributed by atoms with Crippen LogP contribution < -0.4 is 29.5 Å². The van der Waals surface area contributed by atoms with Crippen molar-refractivity contribution in [2.75, 3.05) is 17.3 Å². The molecular formula is C54H42AlN3O12S6. The molecule has 3 heterocycles. The monoisotopic (exact) mass is 1140 g/mol. The summed E-state index contributed by atoms with van der Waals surface area (Å²) in [6.45, 7) is 0. The number of carboxylic acid groups (broad SMARTS) is 3.